The van der Waals surface area contributed by atoms with Gasteiger partial charge in [-0.05, 0) is 23.6 Å². The van der Waals surface area contributed by atoms with Gasteiger partial charge in [0.2, 0.25) is 0 Å². The molecule has 1 heterocycles. The van der Waals surface area contributed by atoms with E-state index in [2.05, 4.69) is 22.4 Å². The second-order valence-electron chi connectivity index (χ2n) is 4.16. The molecule has 19 heavy (non-hydrogen) atoms. The van der Waals surface area contributed by atoms with Crippen LogP contribution in [0.25, 0.3) is 0 Å². The summed E-state index contributed by atoms with van der Waals surface area (Å²) in [5, 5.41) is 8.64. The molecule has 0 radical (unpaired) electrons. The van der Waals surface area contributed by atoms with Crippen LogP contribution >= 0.6 is 0 Å². The second-order valence-corrected chi connectivity index (χ2v) is 4.16. The molecule has 1 amide bonds. The maximum Gasteiger partial charge on any atom is 0.271 e. The molecule has 1 aromatic carbocycles. The molecule has 2 aromatic rings. The Kier molecular flexibility index (Phi) is 4.07. The summed E-state index contributed by atoms with van der Waals surface area (Å²) in [6.07, 6.45) is 0.994. The number of aryl methyl sites for hydroxylation is 1. The quantitative estimate of drug-likeness (QED) is 0.866. The van der Waals surface area contributed by atoms with Crippen LogP contribution in [-0.4, -0.2) is 16.1 Å². The predicted octanol–water partition coefficient (Wildman–Crippen LogP) is 1.26. The summed E-state index contributed by atoms with van der Waals surface area (Å²) in [5.74, 6) is -0.309. The zero-order valence-electron chi connectivity index (χ0n) is 10.6. The van der Waals surface area contributed by atoms with Crippen molar-refractivity contribution in [1.82, 2.24) is 15.5 Å². The molecule has 0 bridgehead atoms. The van der Waals surface area contributed by atoms with Crippen LogP contribution in [0.3, 0.4) is 0 Å². The zero-order chi connectivity index (χ0) is 13.7. The van der Waals surface area contributed by atoms with Gasteiger partial charge in [-0.1, -0.05) is 31.2 Å². The van der Waals surface area contributed by atoms with Crippen LogP contribution in [0.2, 0.25) is 0 Å². The first-order valence-corrected chi connectivity index (χ1v) is 6.11. The molecular formula is C14H15N3O2. The average Bonchev–Trinajstić information content (AvgIpc) is 2.46. The summed E-state index contributed by atoms with van der Waals surface area (Å²) in [4.78, 5) is 22.6. The van der Waals surface area contributed by atoms with Crippen molar-refractivity contribution in [2.45, 2.75) is 19.9 Å². The van der Waals surface area contributed by atoms with Crippen molar-refractivity contribution >= 4 is 5.91 Å². The number of nitrogens with zero attached hydrogens (tertiary/aromatic N) is 1. The van der Waals surface area contributed by atoms with Crippen LogP contribution in [0.1, 0.15) is 28.5 Å². The number of benzene rings is 1. The molecule has 0 saturated heterocycles. The first-order valence-electron chi connectivity index (χ1n) is 6.11. The lowest BCUT2D eigenvalue weighted by Gasteiger charge is -2.05. The van der Waals surface area contributed by atoms with Crippen LogP contribution in [0, 0.1) is 0 Å². The number of H-pyrrole nitrogens is 1. The molecule has 0 aliphatic heterocycles. The number of amides is 1. The lowest BCUT2D eigenvalue weighted by Crippen LogP contribution is -2.25. The monoisotopic (exact) mass is 257 g/mol. The third-order valence-electron chi connectivity index (χ3n) is 2.80. The average molecular weight is 257 g/mol. The molecule has 2 N–H and O–H groups in total. The molecule has 5 nitrogen and oxygen atoms in total. The molecule has 0 saturated carbocycles. The van der Waals surface area contributed by atoms with E-state index in [1.54, 1.807) is 0 Å². The fraction of sp³-hybridized carbons (Fsp3) is 0.214. The second kappa shape index (κ2) is 5.95. The third-order valence-corrected chi connectivity index (χ3v) is 2.80. The molecule has 0 atom stereocenters. The van der Waals surface area contributed by atoms with Gasteiger partial charge in [-0.15, -0.1) is 0 Å². The maximum atomic E-state index is 11.8. The van der Waals surface area contributed by atoms with E-state index in [1.807, 2.05) is 24.3 Å². The van der Waals surface area contributed by atoms with E-state index in [4.69, 9.17) is 0 Å². The molecule has 5 heteroatoms. The normalized spacial score (nSPS) is 10.2. The molecular weight excluding hydrogens is 242 g/mol. The van der Waals surface area contributed by atoms with E-state index < -0.39 is 0 Å². The maximum absolute atomic E-state index is 11.8. The summed E-state index contributed by atoms with van der Waals surface area (Å²) >= 11 is 0. The molecule has 0 aliphatic rings. The van der Waals surface area contributed by atoms with Gasteiger partial charge in [0.25, 0.3) is 11.5 Å². The fourth-order valence-corrected chi connectivity index (χ4v) is 1.64. The summed E-state index contributed by atoms with van der Waals surface area (Å²) in [6.45, 7) is 2.53. The molecule has 0 fully saturated rings. The fourth-order valence-electron chi connectivity index (χ4n) is 1.64. The lowest BCUT2D eigenvalue weighted by atomic mass is 10.1. The Labute approximate surface area is 110 Å². The third kappa shape index (κ3) is 3.51. The van der Waals surface area contributed by atoms with Crippen molar-refractivity contribution < 1.29 is 4.79 Å². The first-order chi connectivity index (χ1) is 9.19. The Bertz CT molecular complexity index is 597. The number of nitrogens with one attached hydrogen (secondary N) is 2. The predicted molar refractivity (Wildman–Crippen MR) is 71.8 cm³/mol. The standard InChI is InChI=1S/C14H15N3O2/c1-2-10-3-5-11(6-4-10)9-15-14(19)12-7-8-13(18)17-16-12/h3-8H,2,9H2,1H3,(H,15,19)(H,17,18). The molecule has 98 valence electrons. The van der Waals surface area contributed by atoms with Gasteiger partial charge in [-0.3, -0.25) is 9.59 Å². The van der Waals surface area contributed by atoms with Gasteiger partial charge in [-0.25, -0.2) is 5.10 Å². The van der Waals surface area contributed by atoms with Crippen LogP contribution in [0.15, 0.2) is 41.2 Å². The number of rotatable bonds is 4. The van der Waals surface area contributed by atoms with Gasteiger partial charge >= 0.3 is 0 Å². The van der Waals surface area contributed by atoms with Crippen molar-refractivity contribution in [3.8, 4) is 0 Å². The van der Waals surface area contributed by atoms with E-state index in [-0.39, 0.29) is 17.2 Å². The highest BCUT2D eigenvalue weighted by molar-refractivity contribution is 5.91. The zero-order valence-corrected chi connectivity index (χ0v) is 10.6. The van der Waals surface area contributed by atoms with E-state index in [9.17, 15) is 9.59 Å². The van der Waals surface area contributed by atoms with Gasteiger partial charge < -0.3 is 5.32 Å². The van der Waals surface area contributed by atoms with Crippen molar-refractivity contribution in [3.63, 3.8) is 0 Å². The van der Waals surface area contributed by atoms with Crippen LogP contribution < -0.4 is 10.9 Å². The van der Waals surface area contributed by atoms with Crippen molar-refractivity contribution in [1.29, 1.82) is 0 Å². The Morgan fingerprint density at radius 3 is 2.42 bits per heavy atom. The number of aromatic amines is 1. The lowest BCUT2D eigenvalue weighted by molar-refractivity contribution is 0.0945. The Hall–Kier alpha value is -2.43. The van der Waals surface area contributed by atoms with E-state index in [0.717, 1.165) is 12.0 Å². The summed E-state index contributed by atoms with van der Waals surface area (Å²) in [5.41, 5.74) is 2.16. The van der Waals surface area contributed by atoms with Gasteiger partial charge in [-0.2, -0.15) is 5.10 Å². The topological polar surface area (TPSA) is 74.8 Å². The van der Waals surface area contributed by atoms with Gasteiger partial charge in [0, 0.05) is 12.6 Å². The smallest absolute Gasteiger partial charge is 0.271 e. The molecule has 2 rings (SSSR count). The highest BCUT2D eigenvalue weighted by Crippen LogP contribution is 2.04. The van der Waals surface area contributed by atoms with Crippen molar-refractivity contribution in [2.24, 2.45) is 0 Å². The summed E-state index contributed by atoms with van der Waals surface area (Å²) in [6, 6.07) is 10.7. The largest absolute Gasteiger partial charge is 0.347 e. The minimum atomic E-state index is -0.327. The highest BCUT2D eigenvalue weighted by atomic mass is 16.2. The van der Waals surface area contributed by atoms with Crippen LogP contribution in [-0.2, 0) is 13.0 Å². The van der Waals surface area contributed by atoms with E-state index in [1.165, 1.54) is 17.7 Å². The number of hydrogen-bond donors (Lipinski definition) is 2. The van der Waals surface area contributed by atoms with Crippen LogP contribution in [0.4, 0.5) is 0 Å². The van der Waals surface area contributed by atoms with Gasteiger partial charge in [0.05, 0.1) is 0 Å². The summed E-state index contributed by atoms with van der Waals surface area (Å²) < 4.78 is 0. The molecule has 0 unspecified atom stereocenters. The SMILES string of the molecule is CCc1ccc(CNC(=O)c2ccc(=O)[nH]n2)cc1. The van der Waals surface area contributed by atoms with Gasteiger partial charge in [0.15, 0.2) is 0 Å². The Morgan fingerprint density at radius 2 is 1.84 bits per heavy atom. The number of hydrogen-bond acceptors (Lipinski definition) is 3. The first kappa shape index (κ1) is 13.0. The summed E-state index contributed by atoms with van der Waals surface area (Å²) in [7, 11) is 0. The van der Waals surface area contributed by atoms with Gasteiger partial charge in [0.1, 0.15) is 5.69 Å². The van der Waals surface area contributed by atoms with Crippen molar-refractivity contribution in [2.75, 3.05) is 0 Å². The van der Waals surface area contributed by atoms with Crippen molar-refractivity contribution in [3.05, 3.63) is 63.6 Å². The molecule has 0 aliphatic carbocycles. The number of carbonyl (C=O) groups is 1. The Morgan fingerprint density at radius 1 is 1.16 bits per heavy atom. The minimum Gasteiger partial charge on any atom is -0.347 e. The van der Waals surface area contributed by atoms with E-state index >= 15 is 0 Å². The minimum absolute atomic E-state index is 0.199. The highest BCUT2D eigenvalue weighted by Gasteiger charge is 2.06. The molecule has 0 spiro atoms. The Balaban J connectivity index is 1.96. The number of carbonyl (C=O) groups excluding carboxylic acids is 1. The number of aromatic nitrogens is 2. The molecule has 1 aromatic heterocycles. The van der Waals surface area contributed by atoms with E-state index in [0.29, 0.717) is 6.54 Å². The van der Waals surface area contributed by atoms with Crippen LogP contribution in [0.5, 0.6) is 0 Å².